The first kappa shape index (κ1) is 20.8. The first-order valence-electron chi connectivity index (χ1n) is 7.67. The van der Waals surface area contributed by atoms with Gasteiger partial charge in [-0.15, -0.1) is 0 Å². The molecule has 4 heteroatoms. The Balaban J connectivity index is 5.51. The summed E-state index contributed by atoms with van der Waals surface area (Å²) < 4.78 is 0. The predicted molar refractivity (Wildman–Crippen MR) is 90.1 cm³/mol. The minimum atomic E-state index is -0.920. The van der Waals surface area contributed by atoms with Crippen LogP contribution in [0, 0.1) is 39.4 Å². The molecule has 0 atom stereocenters. The van der Waals surface area contributed by atoms with Gasteiger partial charge in [-0.1, -0.05) is 54.5 Å². The summed E-state index contributed by atoms with van der Waals surface area (Å²) in [6, 6.07) is 3.94. The molecule has 4 nitrogen and oxygen atoms in total. The third-order valence-corrected chi connectivity index (χ3v) is 3.30. The standard InChI is InChI=1S/C19H26N2O2/c1-13(2)8-15(12-21)17(23)19(6,7)10-14(11-20)9-16(22)18(3,4)5/h8-9,13H,10H2,1-7H3/b14-9-,15-8+. The van der Waals surface area contributed by atoms with Gasteiger partial charge < -0.3 is 0 Å². The van der Waals surface area contributed by atoms with Gasteiger partial charge in [0.15, 0.2) is 11.6 Å². The van der Waals surface area contributed by atoms with Crippen molar-refractivity contribution in [3.8, 4) is 12.1 Å². The highest BCUT2D eigenvalue weighted by Crippen LogP contribution is 2.30. The molecule has 0 aromatic heterocycles. The SMILES string of the molecule is CC(C)/C=C(\C#N)C(=O)C(C)(C)C/C(C#N)=C/C(=O)C(C)(C)C. The lowest BCUT2D eigenvalue weighted by Gasteiger charge is -2.23. The maximum Gasteiger partial charge on any atom is 0.178 e. The Kier molecular flexibility index (Phi) is 7.13. The maximum atomic E-state index is 12.6. The van der Waals surface area contributed by atoms with Crippen LogP contribution in [0.4, 0.5) is 0 Å². The van der Waals surface area contributed by atoms with E-state index in [9.17, 15) is 20.1 Å². The number of ketones is 2. The van der Waals surface area contributed by atoms with Crippen LogP contribution in [0.15, 0.2) is 23.3 Å². The van der Waals surface area contributed by atoms with E-state index in [-0.39, 0.29) is 35.1 Å². The fraction of sp³-hybridized carbons (Fsp3) is 0.579. The molecule has 0 aliphatic rings. The highest BCUT2D eigenvalue weighted by molar-refractivity contribution is 6.03. The lowest BCUT2D eigenvalue weighted by atomic mass is 9.77. The van der Waals surface area contributed by atoms with E-state index < -0.39 is 10.8 Å². The topological polar surface area (TPSA) is 81.7 Å². The van der Waals surface area contributed by atoms with Crippen molar-refractivity contribution in [1.29, 1.82) is 10.5 Å². The first-order valence-corrected chi connectivity index (χ1v) is 7.67. The molecule has 0 aromatic rings. The van der Waals surface area contributed by atoms with Crippen LogP contribution in [0.5, 0.6) is 0 Å². The summed E-state index contributed by atoms with van der Waals surface area (Å²) in [5.41, 5.74) is -1.14. The molecular weight excluding hydrogens is 288 g/mol. The molecule has 0 rings (SSSR count). The number of carbonyl (C=O) groups excluding carboxylic acids is 2. The highest BCUT2D eigenvalue weighted by Gasteiger charge is 2.32. The quantitative estimate of drug-likeness (QED) is 0.545. The molecule has 124 valence electrons. The molecule has 0 fully saturated rings. The predicted octanol–water partition coefficient (Wildman–Crippen LogP) is 4.14. The van der Waals surface area contributed by atoms with Crippen LogP contribution in [-0.4, -0.2) is 11.6 Å². The summed E-state index contributed by atoms with van der Waals surface area (Å²) in [5, 5.41) is 18.4. The van der Waals surface area contributed by atoms with E-state index in [2.05, 4.69) is 0 Å². The summed E-state index contributed by atoms with van der Waals surface area (Å²) >= 11 is 0. The van der Waals surface area contributed by atoms with Gasteiger partial charge in [-0.25, -0.2) is 0 Å². The number of hydrogen-bond donors (Lipinski definition) is 0. The Hall–Kier alpha value is -2.20. The van der Waals surface area contributed by atoms with Crippen molar-refractivity contribution in [2.45, 2.75) is 54.9 Å². The summed E-state index contributed by atoms with van der Waals surface area (Å²) in [7, 11) is 0. The van der Waals surface area contributed by atoms with Gasteiger partial charge in [-0.3, -0.25) is 9.59 Å². The first-order chi connectivity index (χ1) is 10.3. The Morgan fingerprint density at radius 2 is 1.57 bits per heavy atom. The zero-order chi connectivity index (χ0) is 18.4. The third-order valence-electron chi connectivity index (χ3n) is 3.30. The second-order valence-corrected chi connectivity index (χ2v) is 7.72. The summed E-state index contributed by atoms with van der Waals surface area (Å²) in [5.74, 6) is -0.383. The fourth-order valence-electron chi connectivity index (χ4n) is 1.92. The number of nitriles is 2. The second-order valence-electron chi connectivity index (χ2n) is 7.72. The van der Waals surface area contributed by atoms with Crippen LogP contribution in [0.3, 0.4) is 0 Å². The fourth-order valence-corrected chi connectivity index (χ4v) is 1.92. The van der Waals surface area contributed by atoms with Crippen LogP contribution in [0.2, 0.25) is 0 Å². The number of carbonyl (C=O) groups is 2. The van der Waals surface area contributed by atoms with E-state index in [0.717, 1.165) is 0 Å². The van der Waals surface area contributed by atoms with Crippen LogP contribution in [0.1, 0.15) is 54.9 Å². The van der Waals surface area contributed by atoms with Crippen LogP contribution >= 0.6 is 0 Å². The third kappa shape index (κ3) is 6.61. The van der Waals surface area contributed by atoms with Crippen LogP contribution in [0.25, 0.3) is 0 Å². The number of allylic oxidation sites excluding steroid dienone is 4. The van der Waals surface area contributed by atoms with Gasteiger partial charge in [-0.2, -0.15) is 10.5 Å². The maximum absolute atomic E-state index is 12.6. The monoisotopic (exact) mass is 314 g/mol. The molecule has 23 heavy (non-hydrogen) atoms. The minimum absolute atomic E-state index is 0.0813. The lowest BCUT2D eigenvalue weighted by molar-refractivity contribution is -0.123. The van der Waals surface area contributed by atoms with Crippen LogP contribution in [-0.2, 0) is 9.59 Å². The minimum Gasteiger partial charge on any atom is -0.294 e. The molecule has 0 saturated heterocycles. The molecule has 0 amide bonds. The molecule has 0 radical (unpaired) electrons. The normalized spacial score (nSPS) is 13.5. The molecule has 0 N–H and O–H groups in total. The summed E-state index contributed by atoms with van der Waals surface area (Å²) in [6.07, 6.45) is 3.06. The molecule has 0 saturated carbocycles. The Labute approximate surface area is 139 Å². The Morgan fingerprint density at radius 1 is 1.04 bits per heavy atom. The van der Waals surface area contributed by atoms with Crippen molar-refractivity contribution in [1.82, 2.24) is 0 Å². The van der Waals surface area contributed by atoms with Crippen molar-refractivity contribution in [3.63, 3.8) is 0 Å². The number of Topliss-reactive ketones (excluding diaryl/α,β-unsaturated/α-hetero) is 1. The number of nitrogens with zero attached hydrogens (tertiary/aromatic N) is 2. The van der Waals surface area contributed by atoms with Crippen molar-refractivity contribution < 1.29 is 9.59 Å². The van der Waals surface area contributed by atoms with E-state index in [1.165, 1.54) is 6.08 Å². The second kappa shape index (κ2) is 7.88. The zero-order valence-corrected chi connectivity index (χ0v) is 15.2. The van der Waals surface area contributed by atoms with Gasteiger partial charge in [-0.05, 0) is 18.4 Å². The van der Waals surface area contributed by atoms with Crippen molar-refractivity contribution in [2.75, 3.05) is 0 Å². The van der Waals surface area contributed by atoms with Crippen molar-refractivity contribution >= 4 is 11.6 Å². The zero-order valence-electron chi connectivity index (χ0n) is 15.2. The molecule has 0 aliphatic heterocycles. The Morgan fingerprint density at radius 3 is 1.91 bits per heavy atom. The van der Waals surface area contributed by atoms with Gasteiger partial charge in [0.2, 0.25) is 0 Å². The largest absolute Gasteiger partial charge is 0.294 e. The van der Waals surface area contributed by atoms with Gasteiger partial charge >= 0.3 is 0 Å². The molecule has 0 heterocycles. The average molecular weight is 314 g/mol. The summed E-state index contributed by atoms with van der Waals surface area (Å²) in [6.45, 7) is 12.5. The molecule has 0 aliphatic carbocycles. The van der Waals surface area contributed by atoms with Gasteiger partial charge in [0.1, 0.15) is 6.07 Å². The van der Waals surface area contributed by atoms with E-state index in [0.29, 0.717) is 0 Å². The smallest absolute Gasteiger partial charge is 0.178 e. The van der Waals surface area contributed by atoms with E-state index >= 15 is 0 Å². The van der Waals surface area contributed by atoms with Crippen molar-refractivity contribution in [2.24, 2.45) is 16.7 Å². The van der Waals surface area contributed by atoms with Gasteiger partial charge in [0.05, 0.1) is 11.6 Å². The van der Waals surface area contributed by atoms with E-state index in [1.54, 1.807) is 40.7 Å². The molecule has 0 unspecified atom stereocenters. The Bertz CT molecular complexity index is 615. The van der Waals surface area contributed by atoms with Gasteiger partial charge in [0.25, 0.3) is 0 Å². The number of hydrogen-bond acceptors (Lipinski definition) is 4. The molecular formula is C19H26N2O2. The summed E-state index contributed by atoms with van der Waals surface area (Å²) in [4.78, 5) is 24.6. The van der Waals surface area contributed by atoms with Gasteiger partial charge in [0, 0.05) is 16.4 Å². The number of rotatable bonds is 6. The van der Waals surface area contributed by atoms with E-state index in [1.807, 2.05) is 26.0 Å². The van der Waals surface area contributed by atoms with Crippen LogP contribution < -0.4 is 0 Å². The lowest BCUT2D eigenvalue weighted by Crippen LogP contribution is -2.27. The molecule has 0 aromatic carbocycles. The molecule has 0 bridgehead atoms. The van der Waals surface area contributed by atoms with E-state index in [4.69, 9.17) is 0 Å². The van der Waals surface area contributed by atoms with Crippen molar-refractivity contribution in [3.05, 3.63) is 23.3 Å². The average Bonchev–Trinajstić information content (AvgIpc) is 2.41. The molecule has 0 spiro atoms. The highest BCUT2D eigenvalue weighted by atomic mass is 16.1.